The SMILES string of the molecule is CC(C)n1ccnc(NCC2CCC(C(=O)O)O2)c1=O. The molecule has 2 unspecified atom stereocenters. The molecule has 0 radical (unpaired) electrons. The standard InChI is InChI=1S/C13H19N3O4/c1-8(2)16-6-5-14-11(12(16)17)15-7-9-3-4-10(20-9)13(18)19/h5-6,8-10H,3-4,7H2,1-2H3,(H,14,15)(H,18,19). The van der Waals surface area contributed by atoms with Gasteiger partial charge in [0.1, 0.15) is 0 Å². The van der Waals surface area contributed by atoms with Gasteiger partial charge in [-0.05, 0) is 26.7 Å². The summed E-state index contributed by atoms with van der Waals surface area (Å²) in [6, 6.07) is 0.0603. The van der Waals surface area contributed by atoms with E-state index in [1.807, 2.05) is 13.8 Å². The fourth-order valence-electron chi connectivity index (χ4n) is 2.20. The molecule has 110 valence electrons. The molecule has 1 aromatic heterocycles. The molecule has 1 fully saturated rings. The zero-order chi connectivity index (χ0) is 14.7. The number of nitrogens with zero attached hydrogens (tertiary/aromatic N) is 2. The van der Waals surface area contributed by atoms with Crippen molar-refractivity contribution in [1.82, 2.24) is 9.55 Å². The fraction of sp³-hybridized carbons (Fsp3) is 0.615. The Kier molecular flexibility index (Phi) is 4.39. The molecule has 0 saturated carbocycles. The van der Waals surface area contributed by atoms with E-state index in [-0.39, 0.29) is 23.5 Å². The predicted molar refractivity (Wildman–Crippen MR) is 72.9 cm³/mol. The van der Waals surface area contributed by atoms with Crippen LogP contribution < -0.4 is 10.9 Å². The second kappa shape index (κ2) is 6.04. The molecule has 2 N–H and O–H groups in total. The second-order valence-corrected chi connectivity index (χ2v) is 5.13. The summed E-state index contributed by atoms with van der Waals surface area (Å²) in [5.41, 5.74) is -0.185. The molecule has 1 saturated heterocycles. The normalized spacial score (nSPS) is 22.1. The smallest absolute Gasteiger partial charge is 0.332 e. The largest absolute Gasteiger partial charge is 0.479 e. The minimum absolute atomic E-state index is 0.0603. The van der Waals surface area contributed by atoms with E-state index >= 15 is 0 Å². The lowest BCUT2D eigenvalue weighted by Crippen LogP contribution is -2.29. The Morgan fingerprint density at radius 2 is 2.35 bits per heavy atom. The Bertz CT molecular complexity index is 541. The monoisotopic (exact) mass is 281 g/mol. The van der Waals surface area contributed by atoms with Crippen molar-refractivity contribution in [3.63, 3.8) is 0 Å². The minimum Gasteiger partial charge on any atom is -0.479 e. The molecule has 2 atom stereocenters. The summed E-state index contributed by atoms with van der Waals surface area (Å²) in [5, 5.41) is 11.8. The van der Waals surface area contributed by atoms with Crippen LogP contribution in [0.5, 0.6) is 0 Å². The van der Waals surface area contributed by atoms with Crippen LogP contribution in [0.25, 0.3) is 0 Å². The van der Waals surface area contributed by atoms with E-state index < -0.39 is 12.1 Å². The molecule has 7 heteroatoms. The van der Waals surface area contributed by atoms with Gasteiger partial charge in [0.2, 0.25) is 0 Å². The van der Waals surface area contributed by atoms with Gasteiger partial charge in [-0.3, -0.25) is 4.79 Å². The molecule has 1 aliphatic rings. The van der Waals surface area contributed by atoms with Gasteiger partial charge in [0.05, 0.1) is 6.10 Å². The molecule has 7 nitrogen and oxygen atoms in total. The highest BCUT2D eigenvalue weighted by Crippen LogP contribution is 2.19. The molecular weight excluding hydrogens is 262 g/mol. The highest BCUT2D eigenvalue weighted by Gasteiger charge is 2.30. The summed E-state index contributed by atoms with van der Waals surface area (Å²) in [7, 11) is 0. The molecule has 0 bridgehead atoms. The molecule has 0 aromatic carbocycles. The lowest BCUT2D eigenvalue weighted by atomic mass is 10.2. The summed E-state index contributed by atoms with van der Waals surface area (Å²) in [6.07, 6.45) is 3.43. The molecule has 0 aliphatic carbocycles. The molecule has 2 heterocycles. The third-order valence-corrected chi connectivity index (χ3v) is 3.30. The van der Waals surface area contributed by atoms with Gasteiger partial charge in [-0.25, -0.2) is 9.78 Å². The van der Waals surface area contributed by atoms with Crippen LogP contribution in [-0.2, 0) is 9.53 Å². The Hall–Kier alpha value is -1.89. The van der Waals surface area contributed by atoms with Crippen molar-refractivity contribution in [2.45, 2.75) is 44.9 Å². The number of hydrogen-bond acceptors (Lipinski definition) is 5. The van der Waals surface area contributed by atoms with E-state index in [2.05, 4.69) is 10.3 Å². The van der Waals surface area contributed by atoms with Crippen LogP contribution in [0.2, 0.25) is 0 Å². The number of aliphatic carboxylic acids is 1. The zero-order valence-corrected chi connectivity index (χ0v) is 11.6. The van der Waals surface area contributed by atoms with Crippen LogP contribution in [0, 0.1) is 0 Å². The first-order valence-electron chi connectivity index (χ1n) is 6.68. The number of carboxylic acids is 1. The zero-order valence-electron chi connectivity index (χ0n) is 11.6. The van der Waals surface area contributed by atoms with Crippen molar-refractivity contribution < 1.29 is 14.6 Å². The average Bonchev–Trinajstić information content (AvgIpc) is 2.86. The number of carbonyl (C=O) groups is 1. The van der Waals surface area contributed by atoms with Crippen LogP contribution in [0.15, 0.2) is 17.2 Å². The molecule has 1 aliphatic heterocycles. The Labute approximate surface area is 116 Å². The van der Waals surface area contributed by atoms with E-state index in [4.69, 9.17) is 9.84 Å². The summed E-state index contributed by atoms with van der Waals surface area (Å²) in [5.74, 6) is -0.670. The topological polar surface area (TPSA) is 93.5 Å². The van der Waals surface area contributed by atoms with Crippen molar-refractivity contribution >= 4 is 11.8 Å². The molecule has 2 rings (SSSR count). The minimum atomic E-state index is -0.938. The lowest BCUT2D eigenvalue weighted by molar-refractivity contribution is -0.149. The van der Waals surface area contributed by atoms with E-state index in [1.54, 1.807) is 17.0 Å². The van der Waals surface area contributed by atoms with Crippen molar-refractivity contribution in [2.24, 2.45) is 0 Å². The molecule has 0 amide bonds. The van der Waals surface area contributed by atoms with Gasteiger partial charge in [-0.15, -0.1) is 0 Å². The number of hydrogen-bond donors (Lipinski definition) is 2. The van der Waals surface area contributed by atoms with Crippen molar-refractivity contribution in [3.05, 3.63) is 22.7 Å². The predicted octanol–water partition coefficient (Wildman–Crippen LogP) is 0.868. The Balaban J connectivity index is 1.97. The van der Waals surface area contributed by atoms with Crippen molar-refractivity contribution in [1.29, 1.82) is 0 Å². The van der Waals surface area contributed by atoms with Crippen LogP contribution in [0.1, 0.15) is 32.7 Å². The van der Waals surface area contributed by atoms with Gasteiger partial charge in [0, 0.05) is 25.0 Å². The maximum Gasteiger partial charge on any atom is 0.332 e. The quantitative estimate of drug-likeness (QED) is 0.831. The molecule has 0 spiro atoms. The maximum absolute atomic E-state index is 12.1. The van der Waals surface area contributed by atoms with E-state index in [0.717, 1.165) is 0 Å². The Morgan fingerprint density at radius 1 is 1.60 bits per heavy atom. The average molecular weight is 281 g/mol. The molecule has 1 aromatic rings. The summed E-state index contributed by atoms with van der Waals surface area (Å²) < 4.78 is 6.95. The van der Waals surface area contributed by atoms with Crippen LogP contribution >= 0.6 is 0 Å². The molecule has 20 heavy (non-hydrogen) atoms. The summed E-state index contributed by atoms with van der Waals surface area (Å²) in [6.45, 7) is 4.22. The Morgan fingerprint density at radius 3 is 2.95 bits per heavy atom. The van der Waals surface area contributed by atoms with Crippen molar-refractivity contribution in [2.75, 3.05) is 11.9 Å². The fourth-order valence-corrected chi connectivity index (χ4v) is 2.20. The highest BCUT2D eigenvalue weighted by molar-refractivity contribution is 5.72. The third-order valence-electron chi connectivity index (χ3n) is 3.30. The van der Waals surface area contributed by atoms with E-state index in [9.17, 15) is 9.59 Å². The van der Waals surface area contributed by atoms with Crippen molar-refractivity contribution in [3.8, 4) is 0 Å². The first kappa shape index (κ1) is 14.5. The first-order valence-corrected chi connectivity index (χ1v) is 6.68. The van der Waals surface area contributed by atoms with Crippen LogP contribution in [-0.4, -0.2) is 39.4 Å². The summed E-state index contributed by atoms with van der Waals surface area (Å²) in [4.78, 5) is 26.9. The molecular formula is C13H19N3O4. The van der Waals surface area contributed by atoms with Gasteiger partial charge in [0.25, 0.3) is 5.56 Å². The number of carboxylic acid groups (broad SMARTS) is 1. The van der Waals surface area contributed by atoms with Gasteiger partial charge in [0.15, 0.2) is 11.9 Å². The number of ether oxygens (including phenoxy) is 1. The first-order chi connectivity index (χ1) is 9.49. The van der Waals surface area contributed by atoms with E-state index in [1.165, 1.54) is 0 Å². The van der Waals surface area contributed by atoms with Gasteiger partial charge < -0.3 is 19.7 Å². The highest BCUT2D eigenvalue weighted by atomic mass is 16.5. The number of rotatable bonds is 5. The van der Waals surface area contributed by atoms with E-state index in [0.29, 0.717) is 19.4 Å². The maximum atomic E-state index is 12.1. The van der Waals surface area contributed by atoms with Crippen LogP contribution in [0.3, 0.4) is 0 Å². The number of anilines is 1. The third kappa shape index (κ3) is 3.16. The number of nitrogens with one attached hydrogen (secondary N) is 1. The summed E-state index contributed by atoms with van der Waals surface area (Å²) >= 11 is 0. The second-order valence-electron chi connectivity index (χ2n) is 5.13. The van der Waals surface area contributed by atoms with Gasteiger partial charge in [-0.1, -0.05) is 0 Å². The van der Waals surface area contributed by atoms with Crippen LogP contribution in [0.4, 0.5) is 5.82 Å². The lowest BCUT2D eigenvalue weighted by Gasteiger charge is -2.14. The van der Waals surface area contributed by atoms with Gasteiger partial charge >= 0.3 is 5.97 Å². The number of aromatic nitrogens is 2. The van der Waals surface area contributed by atoms with Gasteiger partial charge in [-0.2, -0.15) is 0 Å².